The van der Waals surface area contributed by atoms with Crippen molar-refractivity contribution in [1.29, 1.82) is 0 Å². The summed E-state index contributed by atoms with van der Waals surface area (Å²) in [5.74, 6) is -0.609. The van der Waals surface area contributed by atoms with Gasteiger partial charge in [-0.05, 0) is 24.4 Å². The number of hydrogen-bond acceptors (Lipinski definition) is 5. The Hall–Kier alpha value is -1.64. The molecule has 8 heteroatoms. The van der Waals surface area contributed by atoms with Gasteiger partial charge in [0.05, 0.1) is 6.26 Å². The van der Waals surface area contributed by atoms with Crippen LogP contribution >= 0.6 is 11.3 Å². The highest BCUT2D eigenvalue weighted by Gasteiger charge is 2.28. The van der Waals surface area contributed by atoms with Crippen molar-refractivity contribution >= 4 is 27.3 Å². The SMILES string of the molecule is Cc1occc1CN(C)S(=O)(=O)c1ccsc1C(=O)O. The highest BCUT2D eigenvalue weighted by Crippen LogP contribution is 2.26. The zero-order valence-corrected chi connectivity index (χ0v) is 12.5. The maximum Gasteiger partial charge on any atom is 0.347 e. The highest BCUT2D eigenvalue weighted by molar-refractivity contribution is 7.89. The minimum Gasteiger partial charge on any atom is -0.477 e. The zero-order valence-electron chi connectivity index (χ0n) is 10.9. The molecule has 0 aliphatic carbocycles. The molecule has 2 aromatic rings. The molecule has 0 saturated heterocycles. The third kappa shape index (κ3) is 2.62. The predicted octanol–water partition coefficient (Wildman–Crippen LogP) is 2.17. The van der Waals surface area contributed by atoms with Gasteiger partial charge in [0.1, 0.15) is 15.5 Å². The van der Waals surface area contributed by atoms with E-state index in [0.29, 0.717) is 5.76 Å². The summed E-state index contributed by atoms with van der Waals surface area (Å²) in [5.41, 5.74) is 0.739. The molecule has 1 N–H and O–H groups in total. The van der Waals surface area contributed by atoms with E-state index in [2.05, 4.69) is 0 Å². The first-order valence-corrected chi connectivity index (χ1v) is 7.96. The molecule has 0 spiro atoms. The Labute approximate surface area is 120 Å². The maximum absolute atomic E-state index is 12.4. The molecule has 0 atom stereocenters. The van der Waals surface area contributed by atoms with Gasteiger partial charge in [-0.15, -0.1) is 11.3 Å². The first-order valence-electron chi connectivity index (χ1n) is 5.64. The Bertz CT molecular complexity index is 729. The first kappa shape index (κ1) is 14.8. The van der Waals surface area contributed by atoms with E-state index >= 15 is 0 Å². The second-order valence-corrected chi connectivity index (χ2v) is 7.11. The number of sulfonamides is 1. The summed E-state index contributed by atoms with van der Waals surface area (Å²) < 4.78 is 31.0. The number of thiophene rings is 1. The number of nitrogens with zero attached hydrogens (tertiary/aromatic N) is 1. The van der Waals surface area contributed by atoms with E-state index in [0.717, 1.165) is 21.2 Å². The molecule has 0 fully saturated rings. The van der Waals surface area contributed by atoms with E-state index in [1.807, 2.05) is 0 Å². The van der Waals surface area contributed by atoms with E-state index < -0.39 is 16.0 Å². The van der Waals surface area contributed by atoms with Crippen LogP contribution in [0.15, 0.2) is 33.1 Å². The molecule has 0 aliphatic heterocycles. The predicted molar refractivity (Wildman–Crippen MR) is 73.4 cm³/mol. The molecule has 0 unspecified atom stereocenters. The molecular formula is C12H13NO5S2. The first-order chi connectivity index (χ1) is 9.34. The molecule has 20 heavy (non-hydrogen) atoms. The van der Waals surface area contributed by atoms with Crippen LogP contribution < -0.4 is 0 Å². The van der Waals surface area contributed by atoms with Gasteiger partial charge in [0.25, 0.3) is 0 Å². The topological polar surface area (TPSA) is 87.8 Å². The van der Waals surface area contributed by atoms with Gasteiger partial charge in [0.15, 0.2) is 0 Å². The lowest BCUT2D eigenvalue weighted by molar-refractivity contribution is 0.0698. The average Bonchev–Trinajstić information content (AvgIpc) is 2.99. The van der Waals surface area contributed by atoms with Gasteiger partial charge in [-0.2, -0.15) is 4.31 Å². The standard InChI is InChI=1S/C12H13NO5S2/c1-8-9(3-5-18-8)7-13(2)20(16,17)10-4-6-19-11(10)12(14)15/h3-6H,7H2,1-2H3,(H,14,15). The van der Waals surface area contributed by atoms with Crippen LogP contribution in [0.5, 0.6) is 0 Å². The summed E-state index contributed by atoms with van der Waals surface area (Å²) in [6.45, 7) is 1.86. The Morgan fingerprint density at radius 1 is 1.45 bits per heavy atom. The van der Waals surface area contributed by atoms with Crippen LogP contribution in [-0.2, 0) is 16.6 Å². The number of carbonyl (C=O) groups is 1. The summed E-state index contributed by atoms with van der Waals surface area (Å²) in [6.07, 6.45) is 1.48. The average molecular weight is 315 g/mol. The van der Waals surface area contributed by atoms with Crippen LogP contribution in [0.1, 0.15) is 21.0 Å². The van der Waals surface area contributed by atoms with Crippen LogP contribution in [0.3, 0.4) is 0 Å². The van der Waals surface area contributed by atoms with Crippen molar-refractivity contribution in [3.8, 4) is 0 Å². The summed E-state index contributed by atoms with van der Waals surface area (Å²) in [4.78, 5) is 10.7. The lowest BCUT2D eigenvalue weighted by Crippen LogP contribution is -2.27. The Kier molecular flexibility index (Phi) is 3.98. The van der Waals surface area contributed by atoms with Gasteiger partial charge in [-0.25, -0.2) is 13.2 Å². The minimum atomic E-state index is -3.84. The molecule has 0 aliphatic rings. The Balaban J connectivity index is 2.32. The molecule has 108 valence electrons. The molecule has 0 bridgehead atoms. The summed E-state index contributed by atoms with van der Waals surface area (Å²) in [6, 6.07) is 3.00. The monoisotopic (exact) mass is 315 g/mol. The number of furan rings is 1. The highest BCUT2D eigenvalue weighted by atomic mass is 32.2. The fourth-order valence-electron chi connectivity index (χ4n) is 1.72. The van der Waals surface area contributed by atoms with Gasteiger partial charge < -0.3 is 9.52 Å². The van der Waals surface area contributed by atoms with Crippen LogP contribution in [0.25, 0.3) is 0 Å². The Morgan fingerprint density at radius 2 is 2.15 bits per heavy atom. The molecule has 0 radical (unpaired) electrons. The third-order valence-electron chi connectivity index (χ3n) is 2.87. The van der Waals surface area contributed by atoms with E-state index in [9.17, 15) is 13.2 Å². The minimum absolute atomic E-state index is 0.125. The molecule has 2 aromatic heterocycles. The van der Waals surface area contributed by atoms with Gasteiger partial charge >= 0.3 is 5.97 Å². The van der Waals surface area contributed by atoms with E-state index in [1.54, 1.807) is 13.0 Å². The summed E-state index contributed by atoms with van der Waals surface area (Å²) in [7, 11) is -2.44. The smallest absolute Gasteiger partial charge is 0.347 e. The zero-order chi connectivity index (χ0) is 14.9. The quantitative estimate of drug-likeness (QED) is 0.913. The Morgan fingerprint density at radius 3 is 2.70 bits per heavy atom. The normalized spacial score (nSPS) is 11.9. The number of aryl methyl sites for hydroxylation is 1. The number of rotatable bonds is 5. The molecule has 0 saturated carbocycles. The second kappa shape index (κ2) is 5.39. The van der Waals surface area contributed by atoms with Crippen molar-refractivity contribution in [2.24, 2.45) is 0 Å². The number of hydrogen-bond donors (Lipinski definition) is 1. The number of carboxylic acids is 1. The lowest BCUT2D eigenvalue weighted by atomic mass is 10.3. The number of aromatic carboxylic acids is 1. The maximum atomic E-state index is 12.4. The second-order valence-electron chi connectivity index (χ2n) is 4.18. The fraction of sp³-hybridized carbons (Fsp3) is 0.250. The van der Waals surface area contributed by atoms with E-state index in [4.69, 9.17) is 9.52 Å². The molecule has 0 amide bonds. The fourth-order valence-corrected chi connectivity index (χ4v) is 4.10. The third-order valence-corrected chi connectivity index (χ3v) is 5.75. The van der Waals surface area contributed by atoms with Crippen LogP contribution in [0, 0.1) is 6.92 Å². The molecule has 6 nitrogen and oxygen atoms in total. The van der Waals surface area contributed by atoms with Crippen molar-refractivity contribution < 1.29 is 22.7 Å². The number of carboxylic acid groups (broad SMARTS) is 1. The molecule has 2 rings (SSSR count). The van der Waals surface area contributed by atoms with Gasteiger partial charge in [-0.3, -0.25) is 0 Å². The van der Waals surface area contributed by atoms with Crippen molar-refractivity contribution in [1.82, 2.24) is 4.31 Å². The van der Waals surface area contributed by atoms with Crippen molar-refractivity contribution in [3.63, 3.8) is 0 Å². The molecule has 0 aromatic carbocycles. The van der Waals surface area contributed by atoms with Gasteiger partial charge in [0.2, 0.25) is 10.0 Å². The van der Waals surface area contributed by atoms with Gasteiger partial charge in [-0.1, -0.05) is 0 Å². The van der Waals surface area contributed by atoms with E-state index in [1.165, 1.54) is 24.8 Å². The summed E-state index contributed by atoms with van der Waals surface area (Å²) >= 11 is 0.889. The van der Waals surface area contributed by atoms with Crippen LogP contribution in [-0.4, -0.2) is 30.8 Å². The van der Waals surface area contributed by atoms with Crippen LogP contribution in [0.2, 0.25) is 0 Å². The van der Waals surface area contributed by atoms with E-state index in [-0.39, 0.29) is 16.3 Å². The van der Waals surface area contributed by atoms with Crippen molar-refractivity contribution in [2.45, 2.75) is 18.4 Å². The van der Waals surface area contributed by atoms with Crippen molar-refractivity contribution in [3.05, 3.63) is 40.0 Å². The molecule has 2 heterocycles. The lowest BCUT2D eigenvalue weighted by Gasteiger charge is -2.16. The van der Waals surface area contributed by atoms with Crippen LogP contribution in [0.4, 0.5) is 0 Å². The molecular weight excluding hydrogens is 302 g/mol. The summed E-state index contributed by atoms with van der Waals surface area (Å²) in [5, 5.41) is 10.5. The largest absolute Gasteiger partial charge is 0.477 e. The van der Waals surface area contributed by atoms with Crippen molar-refractivity contribution in [2.75, 3.05) is 7.05 Å². The van der Waals surface area contributed by atoms with Gasteiger partial charge in [0, 0.05) is 19.2 Å².